The number of hydrogen-bond acceptors (Lipinski definition) is 4. The SMILES string of the molecule is CC1(N)CCN(c2nccc3c(-c4cccc(Cl)c4Cl)ncn23)CC1. The molecule has 3 aromatic rings. The Balaban J connectivity index is 1.78. The van der Waals surface area contributed by atoms with Gasteiger partial charge in [0.15, 0.2) is 0 Å². The van der Waals surface area contributed by atoms with E-state index in [4.69, 9.17) is 28.9 Å². The predicted molar refractivity (Wildman–Crippen MR) is 102 cm³/mol. The van der Waals surface area contributed by atoms with Crippen LogP contribution in [0.1, 0.15) is 19.8 Å². The molecule has 0 radical (unpaired) electrons. The number of rotatable bonds is 2. The zero-order chi connectivity index (χ0) is 17.6. The van der Waals surface area contributed by atoms with Gasteiger partial charge in [-0.05, 0) is 31.9 Å². The van der Waals surface area contributed by atoms with Gasteiger partial charge in [-0.2, -0.15) is 0 Å². The number of benzene rings is 1. The smallest absolute Gasteiger partial charge is 0.211 e. The van der Waals surface area contributed by atoms with Gasteiger partial charge in [-0.3, -0.25) is 4.40 Å². The van der Waals surface area contributed by atoms with Crippen molar-refractivity contribution in [2.24, 2.45) is 5.73 Å². The minimum atomic E-state index is -0.0984. The summed E-state index contributed by atoms with van der Waals surface area (Å²) >= 11 is 12.5. The van der Waals surface area contributed by atoms with E-state index in [1.54, 1.807) is 12.4 Å². The molecule has 0 atom stereocenters. The zero-order valence-electron chi connectivity index (χ0n) is 13.9. The molecule has 1 aliphatic heterocycles. The average Bonchev–Trinajstić information content (AvgIpc) is 3.01. The fraction of sp³-hybridized carbons (Fsp3) is 0.333. The van der Waals surface area contributed by atoms with Crippen LogP contribution in [0.5, 0.6) is 0 Å². The van der Waals surface area contributed by atoms with Gasteiger partial charge in [0.25, 0.3) is 0 Å². The van der Waals surface area contributed by atoms with Crippen LogP contribution in [0.4, 0.5) is 5.95 Å². The molecule has 3 heterocycles. The van der Waals surface area contributed by atoms with Crippen molar-refractivity contribution < 1.29 is 0 Å². The van der Waals surface area contributed by atoms with E-state index in [1.807, 2.05) is 28.8 Å². The molecule has 0 unspecified atom stereocenters. The second-order valence-electron chi connectivity index (χ2n) is 6.84. The first kappa shape index (κ1) is 16.6. The van der Waals surface area contributed by atoms with E-state index < -0.39 is 0 Å². The summed E-state index contributed by atoms with van der Waals surface area (Å²) in [7, 11) is 0. The van der Waals surface area contributed by atoms with Crippen molar-refractivity contribution in [3.05, 3.63) is 46.8 Å². The van der Waals surface area contributed by atoms with Crippen LogP contribution >= 0.6 is 23.2 Å². The highest BCUT2D eigenvalue weighted by molar-refractivity contribution is 6.43. The van der Waals surface area contributed by atoms with Crippen LogP contribution in [0, 0.1) is 0 Å². The molecule has 0 saturated carbocycles. The summed E-state index contributed by atoms with van der Waals surface area (Å²) in [6.07, 6.45) is 5.48. The third-order valence-corrected chi connectivity index (χ3v) is 5.66. The maximum Gasteiger partial charge on any atom is 0.211 e. The molecule has 1 saturated heterocycles. The molecule has 1 aliphatic rings. The Bertz CT molecular complexity index is 924. The third kappa shape index (κ3) is 2.97. The highest BCUT2D eigenvalue weighted by atomic mass is 35.5. The Morgan fingerprint density at radius 3 is 2.64 bits per heavy atom. The van der Waals surface area contributed by atoms with Gasteiger partial charge < -0.3 is 10.6 Å². The summed E-state index contributed by atoms with van der Waals surface area (Å²) in [6.45, 7) is 3.86. The van der Waals surface area contributed by atoms with Crippen molar-refractivity contribution in [2.45, 2.75) is 25.3 Å². The quantitative estimate of drug-likeness (QED) is 0.734. The lowest BCUT2D eigenvalue weighted by Crippen LogP contribution is -2.48. The van der Waals surface area contributed by atoms with Gasteiger partial charge in [-0.25, -0.2) is 9.97 Å². The van der Waals surface area contributed by atoms with Gasteiger partial charge in [-0.15, -0.1) is 0 Å². The van der Waals surface area contributed by atoms with E-state index in [0.29, 0.717) is 10.0 Å². The molecule has 1 aromatic carbocycles. The second-order valence-corrected chi connectivity index (χ2v) is 7.62. The topological polar surface area (TPSA) is 59.5 Å². The van der Waals surface area contributed by atoms with E-state index in [9.17, 15) is 0 Å². The molecule has 25 heavy (non-hydrogen) atoms. The lowest BCUT2D eigenvalue weighted by Gasteiger charge is -2.37. The maximum absolute atomic E-state index is 6.38. The van der Waals surface area contributed by atoms with E-state index in [-0.39, 0.29) is 5.54 Å². The first-order valence-electron chi connectivity index (χ1n) is 8.26. The molecule has 1 fully saturated rings. The van der Waals surface area contributed by atoms with E-state index in [1.165, 1.54) is 0 Å². The fourth-order valence-corrected chi connectivity index (χ4v) is 3.65. The lowest BCUT2D eigenvalue weighted by molar-refractivity contribution is 0.361. The molecule has 0 bridgehead atoms. The van der Waals surface area contributed by atoms with Crippen LogP contribution in [-0.2, 0) is 0 Å². The number of hydrogen-bond donors (Lipinski definition) is 1. The third-order valence-electron chi connectivity index (χ3n) is 4.84. The van der Waals surface area contributed by atoms with Gasteiger partial charge in [0, 0.05) is 30.4 Å². The van der Waals surface area contributed by atoms with Crippen molar-refractivity contribution in [3.63, 3.8) is 0 Å². The average molecular weight is 376 g/mol. The van der Waals surface area contributed by atoms with Gasteiger partial charge in [-0.1, -0.05) is 35.3 Å². The lowest BCUT2D eigenvalue weighted by atomic mass is 9.91. The molecule has 0 spiro atoms. The van der Waals surface area contributed by atoms with Crippen LogP contribution in [0.3, 0.4) is 0 Å². The Hall–Kier alpha value is -1.82. The zero-order valence-corrected chi connectivity index (χ0v) is 15.4. The molecule has 4 rings (SSSR count). The van der Waals surface area contributed by atoms with E-state index in [0.717, 1.165) is 48.7 Å². The monoisotopic (exact) mass is 375 g/mol. The van der Waals surface area contributed by atoms with Gasteiger partial charge in [0.1, 0.15) is 6.33 Å². The van der Waals surface area contributed by atoms with Gasteiger partial charge in [0.05, 0.1) is 21.3 Å². The summed E-state index contributed by atoms with van der Waals surface area (Å²) in [6, 6.07) is 7.53. The minimum absolute atomic E-state index is 0.0984. The van der Waals surface area contributed by atoms with Crippen molar-refractivity contribution in [3.8, 4) is 11.3 Å². The fourth-order valence-electron chi connectivity index (χ4n) is 3.26. The highest BCUT2D eigenvalue weighted by Crippen LogP contribution is 2.35. The van der Waals surface area contributed by atoms with Crippen molar-refractivity contribution >= 4 is 34.7 Å². The number of halogens is 2. The summed E-state index contributed by atoms with van der Waals surface area (Å²) in [5.41, 5.74) is 8.73. The molecular weight excluding hydrogens is 357 g/mol. The number of nitrogens with two attached hydrogens (primary N) is 1. The van der Waals surface area contributed by atoms with E-state index in [2.05, 4.69) is 21.8 Å². The number of nitrogens with zero attached hydrogens (tertiary/aromatic N) is 4. The summed E-state index contributed by atoms with van der Waals surface area (Å²) in [5.74, 6) is 0.880. The Kier molecular flexibility index (Phi) is 4.10. The standard InChI is InChI=1S/C18H19Cl2N5/c1-18(21)6-9-24(10-7-18)17-22-8-5-14-16(23-11-25(14)17)12-3-2-4-13(19)15(12)20/h2-5,8,11H,6-7,9-10,21H2,1H3. The van der Waals surface area contributed by atoms with Gasteiger partial charge in [0.2, 0.25) is 5.95 Å². The number of fused-ring (bicyclic) bond motifs is 1. The minimum Gasteiger partial charge on any atom is -0.342 e. The number of piperidine rings is 1. The second kappa shape index (κ2) is 6.16. The van der Waals surface area contributed by atoms with Crippen molar-refractivity contribution in [1.29, 1.82) is 0 Å². The van der Waals surface area contributed by atoms with Crippen LogP contribution in [0.2, 0.25) is 10.0 Å². The van der Waals surface area contributed by atoms with Gasteiger partial charge >= 0.3 is 0 Å². The normalized spacial score (nSPS) is 17.2. The van der Waals surface area contributed by atoms with Crippen LogP contribution in [0.15, 0.2) is 36.8 Å². The number of anilines is 1. The molecule has 2 N–H and O–H groups in total. The molecule has 7 heteroatoms. The van der Waals surface area contributed by atoms with Crippen LogP contribution in [0.25, 0.3) is 16.8 Å². The first-order valence-corrected chi connectivity index (χ1v) is 9.02. The molecule has 5 nitrogen and oxygen atoms in total. The summed E-state index contributed by atoms with van der Waals surface area (Å²) in [4.78, 5) is 11.4. The Labute approximate surface area is 156 Å². The van der Waals surface area contributed by atoms with Crippen LogP contribution < -0.4 is 10.6 Å². The first-order chi connectivity index (χ1) is 12.0. The molecule has 130 valence electrons. The summed E-state index contributed by atoms with van der Waals surface area (Å²) < 4.78 is 2.01. The molecule has 2 aromatic heterocycles. The molecular formula is C18H19Cl2N5. The summed E-state index contributed by atoms with van der Waals surface area (Å²) in [5, 5.41) is 1.04. The predicted octanol–water partition coefficient (Wildman–Crippen LogP) is 4.02. The van der Waals surface area contributed by atoms with E-state index >= 15 is 0 Å². The maximum atomic E-state index is 6.38. The Morgan fingerprint density at radius 1 is 1.12 bits per heavy atom. The van der Waals surface area contributed by atoms with Crippen molar-refractivity contribution in [2.75, 3.05) is 18.0 Å². The highest BCUT2D eigenvalue weighted by Gasteiger charge is 2.27. The number of aromatic nitrogens is 3. The largest absolute Gasteiger partial charge is 0.342 e. The molecule has 0 amide bonds. The van der Waals surface area contributed by atoms with Crippen LogP contribution in [-0.4, -0.2) is 33.0 Å². The van der Waals surface area contributed by atoms with Crippen molar-refractivity contribution in [1.82, 2.24) is 14.4 Å². The molecule has 0 aliphatic carbocycles. The number of imidazole rings is 1. The Morgan fingerprint density at radius 2 is 1.88 bits per heavy atom.